The molecule has 0 unspecified atom stereocenters. The number of carboxylic acids is 1. The predicted octanol–water partition coefficient (Wildman–Crippen LogP) is 2.56. The van der Waals surface area contributed by atoms with Crippen LogP contribution in [0.4, 0.5) is 0 Å². The lowest BCUT2D eigenvalue weighted by Crippen LogP contribution is -2.05. The SMILES string of the molecule is Brc1ccccc1.CCOCC(=O)O. The molecule has 1 rings (SSSR count). The maximum absolute atomic E-state index is 9.63. The number of carbonyl (C=O) groups is 1. The lowest BCUT2D eigenvalue weighted by atomic mass is 10.4. The van der Waals surface area contributed by atoms with Gasteiger partial charge in [0, 0.05) is 11.1 Å². The van der Waals surface area contributed by atoms with Crippen LogP contribution in [0.15, 0.2) is 34.8 Å². The summed E-state index contributed by atoms with van der Waals surface area (Å²) in [5, 5.41) is 7.92. The highest BCUT2D eigenvalue weighted by Gasteiger charge is 1.90. The van der Waals surface area contributed by atoms with Crippen LogP contribution in [-0.2, 0) is 9.53 Å². The van der Waals surface area contributed by atoms with Gasteiger partial charge in [0.15, 0.2) is 0 Å². The molecule has 78 valence electrons. The number of halogens is 1. The third-order valence-corrected chi connectivity index (χ3v) is 1.69. The molecular weight excluding hydrogens is 248 g/mol. The zero-order chi connectivity index (χ0) is 10.8. The minimum Gasteiger partial charge on any atom is -0.480 e. The third kappa shape index (κ3) is 9.22. The maximum atomic E-state index is 9.63. The summed E-state index contributed by atoms with van der Waals surface area (Å²) < 4.78 is 5.63. The molecular formula is C10H13BrO3. The number of hydrogen-bond donors (Lipinski definition) is 1. The standard InChI is InChI=1S/C6H5Br.C4H8O3/c7-6-4-2-1-3-5-6;1-2-7-3-4(5)6/h1-5H;2-3H2,1H3,(H,5,6). The van der Waals surface area contributed by atoms with Gasteiger partial charge in [-0.2, -0.15) is 0 Å². The van der Waals surface area contributed by atoms with Crippen molar-refractivity contribution >= 4 is 21.9 Å². The van der Waals surface area contributed by atoms with E-state index in [2.05, 4.69) is 20.7 Å². The predicted molar refractivity (Wildman–Crippen MR) is 58.3 cm³/mol. The Balaban J connectivity index is 0.000000241. The van der Waals surface area contributed by atoms with Gasteiger partial charge in [-0.05, 0) is 19.1 Å². The Morgan fingerprint density at radius 2 is 2.00 bits per heavy atom. The van der Waals surface area contributed by atoms with E-state index in [4.69, 9.17) is 5.11 Å². The molecule has 1 N–H and O–H groups in total. The van der Waals surface area contributed by atoms with E-state index in [1.165, 1.54) is 0 Å². The van der Waals surface area contributed by atoms with E-state index in [0.717, 1.165) is 4.47 Å². The molecule has 0 atom stereocenters. The van der Waals surface area contributed by atoms with Crippen molar-refractivity contribution in [3.8, 4) is 0 Å². The van der Waals surface area contributed by atoms with Gasteiger partial charge < -0.3 is 9.84 Å². The van der Waals surface area contributed by atoms with Crippen molar-refractivity contribution < 1.29 is 14.6 Å². The van der Waals surface area contributed by atoms with Crippen molar-refractivity contribution in [2.24, 2.45) is 0 Å². The Labute approximate surface area is 91.8 Å². The number of carboxylic acid groups (broad SMARTS) is 1. The molecule has 0 radical (unpaired) electrons. The number of benzene rings is 1. The van der Waals surface area contributed by atoms with Gasteiger partial charge in [0.05, 0.1) is 0 Å². The van der Waals surface area contributed by atoms with Crippen LogP contribution in [0.25, 0.3) is 0 Å². The lowest BCUT2D eigenvalue weighted by molar-refractivity contribution is -0.142. The summed E-state index contributed by atoms with van der Waals surface area (Å²) in [5.41, 5.74) is 0. The Bertz CT molecular complexity index is 249. The van der Waals surface area contributed by atoms with Crippen molar-refractivity contribution in [3.05, 3.63) is 34.8 Å². The molecule has 3 nitrogen and oxygen atoms in total. The first-order valence-electron chi connectivity index (χ1n) is 4.17. The average molecular weight is 261 g/mol. The summed E-state index contributed by atoms with van der Waals surface area (Å²) in [6, 6.07) is 9.97. The monoisotopic (exact) mass is 260 g/mol. The molecule has 0 aromatic heterocycles. The average Bonchev–Trinajstić information content (AvgIpc) is 2.17. The van der Waals surface area contributed by atoms with Gasteiger partial charge in [-0.25, -0.2) is 4.79 Å². The summed E-state index contributed by atoms with van der Waals surface area (Å²) in [6.07, 6.45) is 0. The van der Waals surface area contributed by atoms with Crippen molar-refractivity contribution in [2.75, 3.05) is 13.2 Å². The first-order valence-corrected chi connectivity index (χ1v) is 4.96. The maximum Gasteiger partial charge on any atom is 0.329 e. The van der Waals surface area contributed by atoms with E-state index in [9.17, 15) is 4.79 Å². The van der Waals surface area contributed by atoms with Gasteiger partial charge in [0.1, 0.15) is 6.61 Å². The largest absolute Gasteiger partial charge is 0.480 e. The van der Waals surface area contributed by atoms with Crippen LogP contribution >= 0.6 is 15.9 Å². The first kappa shape index (κ1) is 13.1. The molecule has 0 bridgehead atoms. The van der Waals surface area contributed by atoms with E-state index < -0.39 is 5.97 Å². The molecule has 1 aromatic carbocycles. The third-order valence-electron chi connectivity index (χ3n) is 1.16. The molecule has 0 aliphatic heterocycles. The normalized spacial score (nSPS) is 8.71. The van der Waals surface area contributed by atoms with E-state index in [1.54, 1.807) is 6.92 Å². The fourth-order valence-electron chi connectivity index (χ4n) is 0.604. The fraction of sp³-hybridized carbons (Fsp3) is 0.300. The highest BCUT2D eigenvalue weighted by atomic mass is 79.9. The summed E-state index contributed by atoms with van der Waals surface area (Å²) in [4.78, 5) is 9.63. The Kier molecular flexibility index (Phi) is 8.17. The number of aliphatic carboxylic acids is 1. The highest BCUT2D eigenvalue weighted by molar-refractivity contribution is 9.10. The van der Waals surface area contributed by atoms with E-state index in [1.807, 2.05) is 30.3 Å². The van der Waals surface area contributed by atoms with Crippen molar-refractivity contribution in [3.63, 3.8) is 0 Å². The second-order valence-electron chi connectivity index (χ2n) is 2.33. The highest BCUT2D eigenvalue weighted by Crippen LogP contribution is 2.05. The van der Waals surface area contributed by atoms with E-state index in [-0.39, 0.29) is 6.61 Å². The van der Waals surface area contributed by atoms with Gasteiger partial charge in [-0.15, -0.1) is 0 Å². The quantitative estimate of drug-likeness (QED) is 0.909. The number of ether oxygens (including phenoxy) is 1. The van der Waals surface area contributed by atoms with Crippen LogP contribution in [0.3, 0.4) is 0 Å². The zero-order valence-corrected chi connectivity index (χ0v) is 9.53. The first-order chi connectivity index (χ1) is 6.66. The van der Waals surface area contributed by atoms with Crippen LogP contribution in [0.5, 0.6) is 0 Å². The zero-order valence-electron chi connectivity index (χ0n) is 7.94. The molecule has 0 saturated carbocycles. The Morgan fingerprint density at radius 3 is 2.21 bits per heavy atom. The molecule has 14 heavy (non-hydrogen) atoms. The minimum absolute atomic E-state index is 0.184. The molecule has 0 spiro atoms. The topological polar surface area (TPSA) is 46.5 Å². The van der Waals surface area contributed by atoms with Crippen molar-refractivity contribution in [1.82, 2.24) is 0 Å². The molecule has 0 fully saturated rings. The summed E-state index contributed by atoms with van der Waals surface area (Å²) in [5.74, 6) is -0.915. The van der Waals surface area contributed by atoms with E-state index in [0.29, 0.717) is 6.61 Å². The molecule has 0 saturated heterocycles. The van der Waals surface area contributed by atoms with Crippen molar-refractivity contribution in [1.29, 1.82) is 0 Å². The minimum atomic E-state index is -0.915. The molecule has 0 heterocycles. The van der Waals surface area contributed by atoms with Gasteiger partial charge in [-0.3, -0.25) is 0 Å². The van der Waals surface area contributed by atoms with Crippen LogP contribution < -0.4 is 0 Å². The Hall–Kier alpha value is -0.870. The van der Waals surface area contributed by atoms with E-state index >= 15 is 0 Å². The molecule has 0 aliphatic rings. The Morgan fingerprint density at radius 1 is 1.43 bits per heavy atom. The smallest absolute Gasteiger partial charge is 0.329 e. The van der Waals surface area contributed by atoms with Gasteiger partial charge in [0.2, 0.25) is 0 Å². The summed E-state index contributed by atoms with van der Waals surface area (Å²) >= 11 is 3.31. The summed E-state index contributed by atoms with van der Waals surface area (Å²) in [6.45, 7) is 2.03. The molecule has 1 aromatic rings. The van der Waals surface area contributed by atoms with Gasteiger partial charge >= 0.3 is 5.97 Å². The fourth-order valence-corrected chi connectivity index (χ4v) is 0.909. The second kappa shape index (κ2) is 8.72. The van der Waals surface area contributed by atoms with Crippen molar-refractivity contribution in [2.45, 2.75) is 6.92 Å². The van der Waals surface area contributed by atoms with Gasteiger partial charge in [-0.1, -0.05) is 34.1 Å². The lowest BCUT2D eigenvalue weighted by Gasteiger charge is -1.90. The van der Waals surface area contributed by atoms with Crippen LogP contribution in [-0.4, -0.2) is 24.3 Å². The number of rotatable bonds is 3. The molecule has 4 heteroatoms. The van der Waals surface area contributed by atoms with Crippen LogP contribution in [0.2, 0.25) is 0 Å². The second-order valence-corrected chi connectivity index (χ2v) is 3.24. The van der Waals surface area contributed by atoms with Crippen LogP contribution in [0.1, 0.15) is 6.92 Å². The number of hydrogen-bond acceptors (Lipinski definition) is 2. The molecule has 0 aliphatic carbocycles. The van der Waals surface area contributed by atoms with Crippen LogP contribution in [0, 0.1) is 0 Å². The molecule has 0 amide bonds. The summed E-state index contributed by atoms with van der Waals surface area (Å²) in [7, 11) is 0. The van der Waals surface area contributed by atoms with Gasteiger partial charge in [0.25, 0.3) is 0 Å².